The lowest BCUT2D eigenvalue weighted by Crippen LogP contribution is -2.32. The van der Waals surface area contributed by atoms with Gasteiger partial charge >= 0.3 is 0 Å². The van der Waals surface area contributed by atoms with Gasteiger partial charge in [0.1, 0.15) is 5.75 Å². The smallest absolute Gasteiger partial charge is 0.243 e. The molecule has 0 amide bonds. The Labute approximate surface area is 120 Å². The van der Waals surface area contributed by atoms with Gasteiger partial charge in [-0.15, -0.1) is 0 Å². The Hall–Kier alpha value is -0.780. The number of rotatable bonds is 7. The zero-order valence-corrected chi connectivity index (χ0v) is 13.1. The number of benzene rings is 1. The lowest BCUT2D eigenvalue weighted by atomic mass is 10.3. The van der Waals surface area contributed by atoms with Gasteiger partial charge in [0, 0.05) is 13.1 Å². The minimum Gasteiger partial charge on any atom is -0.495 e. The van der Waals surface area contributed by atoms with Gasteiger partial charge < -0.3 is 4.74 Å². The molecule has 0 saturated carbocycles. The maximum atomic E-state index is 12.5. The van der Waals surface area contributed by atoms with Gasteiger partial charge in [-0.1, -0.05) is 25.4 Å². The highest BCUT2D eigenvalue weighted by Gasteiger charge is 2.23. The third-order valence-corrected chi connectivity index (χ3v) is 4.90. The van der Waals surface area contributed by atoms with Crippen molar-refractivity contribution in [2.45, 2.75) is 31.6 Å². The average Bonchev–Trinajstić information content (AvgIpc) is 2.38. The second kappa shape index (κ2) is 7.12. The number of ether oxygens (including phenoxy) is 1. The van der Waals surface area contributed by atoms with Crippen molar-refractivity contribution in [3.05, 3.63) is 23.2 Å². The first-order valence-corrected chi connectivity index (χ1v) is 8.12. The summed E-state index contributed by atoms with van der Waals surface area (Å²) in [7, 11) is -1.98. The van der Waals surface area contributed by atoms with Gasteiger partial charge in [0.2, 0.25) is 10.0 Å². The summed E-state index contributed by atoms with van der Waals surface area (Å²) in [4.78, 5) is 0.209. The SMILES string of the molecule is CCCN(CCC)S(=O)(=O)c1ccc(OC)c(Cl)c1. The van der Waals surface area contributed by atoms with E-state index in [1.807, 2.05) is 13.8 Å². The molecule has 4 nitrogen and oxygen atoms in total. The highest BCUT2D eigenvalue weighted by Crippen LogP contribution is 2.28. The Bertz CT molecular complexity index is 511. The first-order chi connectivity index (χ1) is 8.97. The minimum atomic E-state index is -3.48. The fraction of sp³-hybridized carbons (Fsp3) is 0.538. The van der Waals surface area contributed by atoms with Crippen LogP contribution >= 0.6 is 11.6 Å². The van der Waals surface area contributed by atoms with Crippen LogP contribution in [0.5, 0.6) is 5.75 Å². The summed E-state index contributed by atoms with van der Waals surface area (Å²) in [5, 5.41) is 0.302. The van der Waals surface area contributed by atoms with Gasteiger partial charge in [-0.05, 0) is 31.0 Å². The number of methoxy groups -OCH3 is 1. The molecule has 0 unspecified atom stereocenters. The van der Waals surface area contributed by atoms with Crippen molar-refractivity contribution in [3.8, 4) is 5.75 Å². The quantitative estimate of drug-likeness (QED) is 0.777. The zero-order chi connectivity index (χ0) is 14.5. The van der Waals surface area contributed by atoms with Crippen molar-refractivity contribution in [2.75, 3.05) is 20.2 Å². The maximum Gasteiger partial charge on any atom is 0.243 e. The van der Waals surface area contributed by atoms with Crippen LogP contribution in [0.3, 0.4) is 0 Å². The summed E-state index contributed by atoms with van der Waals surface area (Å²) in [6, 6.07) is 4.54. The molecule has 6 heteroatoms. The van der Waals surface area contributed by atoms with Gasteiger partial charge in [0.05, 0.1) is 17.0 Å². The molecule has 0 aliphatic rings. The molecule has 0 fully saturated rings. The van der Waals surface area contributed by atoms with Gasteiger partial charge in [-0.25, -0.2) is 8.42 Å². The van der Waals surface area contributed by atoms with Crippen LogP contribution in [0.2, 0.25) is 5.02 Å². The summed E-state index contributed by atoms with van der Waals surface area (Å²) >= 11 is 5.99. The van der Waals surface area contributed by atoms with E-state index in [1.54, 1.807) is 6.07 Å². The molecule has 1 aromatic carbocycles. The van der Waals surface area contributed by atoms with Crippen LogP contribution in [-0.4, -0.2) is 32.9 Å². The Morgan fingerprint density at radius 2 is 1.79 bits per heavy atom. The van der Waals surface area contributed by atoms with Gasteiger partial charge in [0.25, 0.3) is 0 Å². The fourth-order valence-corrected chi connectivity index (χ4v) is 3.78. The number of sulfonamides is 1. The predicted molar refractivity (Wildman–Crippen MR) is 77.3 cm³/mol. The summed E-state index contributed by atoms with van der Waals surface area (Å²) in [5.41, 5.74) is 0. The van der Waals surface area contributed by atoms with Crippen LogP contribution < -0.4 is 4.74 Å². The van der Waals surface area contributed by atoms with E-state index >= 15 is 0 Å². The van der Waals surface area contributed by atoms with Gasteiger partial charge in [-0.2, -0.15) is 4.31 Å². The van der Waals surface area contributed by atoms with Crippen molar-refractivity contribution >= 4 is 21.6 Å². The fourth-order valence-electron chi connectivity index (χ4n) is 1.81. The first-order valence-electron chi connectivity index (χ1n) is 6.31. The Kier molecular flexibility index (Phi) is 6.10. The van der Waals surface area contributed by atoms with E-state index in [4.69, 9.17) is 16.3 Å². The predicted octanol–water partition coefficient (Wildman–Crippen LogP) is 3.16. The molecule has 0 bridgehead atoms. The minimum absolute atomic E-state index is 0.209. The summed E-state index contributed by atoms with van der Waals surface area (Å²) < 4.78 is 31.5. The molecule has 0 aromatic heterocycles. The monoisotopic (exact) mass is 305 g/mol. The van der Waals surface area contributed by atoms with Gasteiger partial charge in [0.15, 0.2) is 0 Å². The summed E-state index contributed by atoms with van der Waals surface area (Å²) in [6.45, 7) is 4.94. The van der Waals surface area contributed by atoms with Crippen LogP contribution in [-0.2, 0) is 10.0 Å². The third kappa shape index (κ3) is 3.84. The second-order valence-electron chi connectivity index (χ2n) is 4.20. The Morgan fingerprint density at radius 3 is 2.21 bits per heavy atom. The van der Waals surface area contributed by atoms with Crippen molar-refractivity contribution in [1.29, 1.82) is 0 Å². The third-order valence-electron chi connectivity index (χ3n) is 2.71. The van der Waals surface area contributed by atoms with Crippen LogP contribution in [0.4, 0.5) is 0 Å². The van der Waals surface area contributed by atoms with Crippen molar-refractivity contribution < 1.29 is 13.2 Å². The van der Waals surface area contributed by atoms with Crippen LogP contribution in [0.1, 0.15) is 26.7 Å². The molecule has 1 aromatic rings. The standard InChI is InChI=1S/C13H20ClNO3S/c1-4-8-15(9-5-2)19(16,17)11-6-7-13(18-3)12(14)10-11/h6-7,10H,4-5,8-9H2,1-3H3. The van der Waals surface area contributed by atoms with Crippen molar-refractivity contribution in [3.63, 3.8) is 0 Å². The largest absolute Gasteiger partial charge is 0.495 e. The van der Waals surface area contributed by atoms with Gasteiger partial charge in [-0.3, -0.25) is 0 Å². The van der Waals surface area contributed by atoms with Crippen molar-refractivity contribution in [2.24, 2.45) is 0 Å². The Balaban J connectivity index is 3.14. The average molecular weight is 306 g/mol. The van der Waals surface area contributed by atoms with E-state index in [1.165, 1.54) is 23.5 Å². The maximum absolute atomic E-state index is 12.5. The molecule has 0 atom stereocenters. The summed E-state index contributed by atoms with van der Waals surface area (Å²) in [6.07, 6.45) is 1.56. The lowest BCUT2D eigenvalue weighted by Gasteiger charge is -2.21. The van der Waals surface area contributed by atoms with Crippen LogP contribution in [0.15, 0.2) is 23.1 Å². The van der Waals surface area contributed by atoms with E-state index in [-0.39, 0.29) is 4.90 Å². The molecule has 0 aliphatic heterocycles. The van der Waals surface area contributed by atoms with Crippen molar-refractivity contribution in [1.82, 2.24) is 4.31 Å². The van der Waals surface area contributed by atoms with Crippen LogP contribution in [0.25, 0.3) is 0 Å². The molecule has 0 N–H and O–H groups in total. The molecule has 1 rings (SSSR count). The Morgan fingerprint density at radius 1 is 1.21 bits per heavy atom. The molecule has 0 radical (unpaired) electrons. The van der Waals surface area contributed by atoms with E-state index < -0.39 is 10.0 Å². The highest BCUT2D eigenvalue weighted by molar-refractivity contribution is 7.89. The number of hydrogen-bond acceptors (Lipinski definition) is 3. The molecule has 19 heavy (non-hydrogen) atoms. The van der Waals surface area contributed by atoms with Crippen LogP contribution in [0, 0.1) is 0 Å². The lowest BCUT2D eigenvalue weighted by molar-refractivity contribution is 0.408. The molecule has 0 saturated heterocycles. The van der Waals surface area contributed by atoms with E-state index in [0.717, 1.165) is 12.8 Å². The molecule has 0 aliphatic carbocycles. The second-order valence-corrected chi connectivity index (χ2v) is 6.55. The molecule has 0 spiro atoms. The highest BCUT2D eigenvalue weighted by atomic mass is 35.5. The number of hydrogen-bond donors (Lipinski definition) is 0. The number of nitrogens with zero attached hydrogens (tertiary/aromatic N) is 1. The van der Waals surface area contributed by atoms with E-state index in [9.17, 15) is 8.42 Å². The zero-order valence-electron chi connectivity index (χ0n) is 11.5. The molecule has 108 valence electrons. The first kappa shape index (κ1) is 16.3. The molecular weight excluding hydrogens is 286 g/mol. The normalized spacial score (nSPS) is 11.8. The number of halogens is 1. The molecule has 0 heterocycles. The van der Waals surface area contributed by atoms with E-state index in [0.29, 0.717) is 23.9 Å². The molecular formula is C13H20ClNO3S. The topological polar surface area (TPSA) is 46.6 Å². The van der Waals surface area contributed by atoms with E-state index in [2.05, 4.69) is 0 Å². The summed E-state index contributed by atoms with van der Waals surface area (Å²) in [5.74, 6) is 0.471.